The molecule has 1 fully saturated rings. The van der Waals surface area contributed by atoms with Gasteiger partial charge in [0.25, 0.3) is 0 Å². The first-order valence-electron chi connectivity index (χ1n) is 5.91. The topological polar surface area (TPSA) is 21.8 Å². The number of aryl methyl sites for hydroxylation is 3. The summed E-state index contributed by atoms with van der Waals surface area (Å²) in [7, 11) is 0. The van der Waals surface area contributed by atoms with E-state index in [4.69, 9.17) is 9.47 Å². The molecule has 1 saturated heterocycles. The van der Waals surface area contributed by atoms with Crippen LogP contribution in [0.1, 0.15) is 30.5 Å². The van der Waals surface area contributed by atoms with Gasteiger partial charge in [-0.25, -0.2) is 0 Å². The van der Waals surface area contributed by atoms with Gasteiger partial charge in [-0.05, 0) is 43.9 Å². The highest BCUT2D eigenvalue weighted by molar-refractivity contribution is 5.43. The van der Waals surface area contributed by atoms with Gasteiger partial charge in [0.1, 0.15) is 18.0 Å². The largest absolute Gasteiger partial charge is 0.490 e. The SMILES string of the molecule is CCc1cc(C)c(OCC2(C)CO2)c(C)c1. The van der Waals surface area contributed by atoms with Crippen molar-refractivity contribution in [1.29, 1.82) is 0 Å². The molecule has 1 aromatic rings. The zero-order valence-electron chi connectivity index (χ0n) is 10.6. The van der Waals surface area contributed by atoms with Gasteiger partial charge in [-0.15, -0.1) is 0 Å². The Bertz CT molecular complexity index is 369. The lowest BCUT2D eigenvalue weighted by Gasteiger charge is -2.15. The van der Waals surface area contributed by atoms with Crippen LogP contribution in [0.3, 0.4) is 0 Å². The van der Waals surface area contributed by atoms with Gasteiger partial charge in [0.05, 0.1) is 6.61 Å². The van der Waals surface area contributed by atoms with Gasteiger partial charge in [-0.2, -0.15) is 0 Å². The van der Waals surface area contributed by atoms with E-state index >= 15 is 0 Å². The quantitative estimate of drug-likeness (QED) is 0.727. The maximum atomic E-state index is 5.87. The summed E-state index contributed by atoms with van der Waals surface area (Å²) in [6.45, 7) is 9.94. The standard InChI is InChI=1S/C14H20O2/c1-5-12-6-10(2)13(11(3)7-12)15-8-14(4)9-16-14/h6-7H,5,8-9H2,1-4H3. The monoisotopic (exact) mass is 220 g/mol. The van der Waals surface area contributed by atoms with Crippen LogP contribution in [0, 0.1) is 13.8 Å². The molecule has 1 atom stereocenters. The predicted octanol–water partition coefficient (Wildman–Crippen LogP) is 3.03. The van der Waals surface area contributed by atoms with Crippen LogP contribution in [0.15, 0.2) is 12.1 Å². The molecule has 0 aliphatic carbocycles. The molecule has 1 unspecified atom stereocenters. The molecule has 1 aromatic carbocycles. The third kappa shape index (κ3) is 2.38. The van der Waals surface area contributed by atoms with Crippen molar-refractivity contribution in [3.63, 3.8) is 0 Å². The number of ether oxygens (including phenoxy) is 2. The van der Waals surface area contributed by atoms with E-state index in [-0.39, 0.29) is 5.60 Å². The molecule has 2 nitrogen and oxygen atoms in total. The minimum Gasteiger partial charge on any atom is -0.490 e. The second-order valence-electron chi connectivity index (χ2n) is 4.94. The van der Waals surface area contributed by atoms with Crippen molar-refractivity contribution in [3.05, 3.63) is 28.8 Å². The van der Waals surface area contributed by atoms with Crippen molar-refractivity contribution < 1.29 is 9.47 Å². The average Bonchev–Trinajstić information content (AvgIpc) is 2.95. The highest BCUT2D eigenvalue weighted by Gasteiger charge is 2.40. The first-order chi connectivity index (χ1) is 7.54. The molecule has 1 aliphatic heterocycles. The number of hydrogen-bond donors (Lipinski definition) is 0. The third-order valence-corrected chi connectivity index (χ3v) is 3.09. The Hall–Kier alpha value is -1.02. The number of hydrogen-bond acceptors (Lipinski definition) is 2. The van der Waals surface area contributed by atoms with Crippen molar-refractivity contribution in [3.8, 4) is 5.75 Å². The lowest BCUT2D eigenvalue weighted by molar-refractivity contribution is 0.201. The lowest BCUT2D eigenvalue weighted by atomic mass is 10.0. The zero-order valence-corrected chi connectivity index (χ0v) is 10.6. The van der Waals surface area contributed by atoms with Crippen molar-refractivity contribution in [2.45, 2.75) is 39.7 Å². The molecule has 88 valence electrons. The summed E-state index contributed by atoms with van der Waals surface area (Å²) in [6, 6.07) is 4.41. The molecule has 0 N–H and O–H groups in total. The van der Waals surface area contributed by atoms with E-state index in [0.717, 1.165) is 18.8 Å². The Labute approximate surface area is 97.6 Å². The van der Waals surface area contributed by atoms with Crippen LogP contribution in [0.2, 0.25) is 0 Å². The molecule has 0 spiro atoms. The molecular formula is C14H20O2. The summed E-state index contributed by atoms with van der Waals surface area (Å²) in [4.78, 5) is 0. The fraction of sp³-hybridized carbons (Fsp3) is 0.571. The van der Waals surface area contributed by atoms with Gasteiger partial charge in [-0.1, -0.05) is 19.1 Å². The molecule has 1 heterocycles. The van der Waals surface area contributed by atoms with Crippen LogP contribution in [-0.2, 0) is 11.2 Å². The average molecular weight is 220 g/mol. The van der Waals surface area contributed by atoms with Crippen LogP contribution < -0.4 is 4.74 Å². The molecule has 0 aromatic heterocycles. The van der Waals surface area contributed by atoms with Crippen LogP contribution in [0.5, 0.6) is 5.75 Å². The van der Waals surface area contributed by atoms with Crippen LogP contribution >= 0.6 is 0 Å². The highest BCUT2D eigenvalue weighted by Crippen LogP contribution is 2.30. The Morgan fingerprint density at radius 2 is 1.88 bits per heavy atom. The van der Waals surface area contributed by atoms with E-state index < -0.39 is 0 Å². The molecule has 2 heteroatoms. The minimum atomic E-state index is -0.0394. The Kier molecular flexibility index (Phi) is 2.94. The van der Waals surface area contributed by atoms with E-state index in [2.05, 4.69) is 39.8 Å². The summed E-state index contributed by atoms with van der Waals surface area (Å²) in [6.07, 6.45) is 1.07. The third-order valence-electron chi connectivity index (χ3n) is 3.09. The predicted molar refractivity (Wildman–Crippen MR) is 65.1 cm³/mol. The van der Waals surface area contributed by atoms with E-state index in [1.807, 2.05) is 0 Å². The summed E-state index contributed by atoms with van der Waals surface area (Å²) >= 11 is 0. The lowest BCUT2D eigenvalue weighted by Crippen LogP contribution is -2.17. The molecule has 0 amide bonds. The van der Waals surface area contributed by atoms with E-state index in [0.29, 0.717) is 6.61 Å². The Morgan fingerprint density at radius 3 is 2.31 bits per heavy atom. The van der Waals surface area contributed by atoms with Gasteiger partial charge in [0.2, 0.25) is 0 Å². The number of rotatable bonds is 4. The van der Waals surface area contributed by atoms with Gasteiger partial charge < -0.3 is 9.47 Å². The van der Waals surface area contributed by atoms with E-state index in [1.165, 1.54) is 16.7 Å². The van der Waals surface area contributed by atoms with Crippen molar-refractivity contribution in [1.82, 2.24) is 0 Å². The molecule has 0 radical (unpaired) electrons. The molecule has 1 aliphatic rings. The fourth-order valence-corrected chi connectivity index (χ4v) is 1.90. The zero-order chi connectivity index (χ0) is 11.8. The summed E-state index contributed by atoms with van der Waals surface area (Å²) in [5.41, 5.74) is 3.78. The second kappa shape index (κ2) is 4.10. The summed E-state index contributed by atoms with van der Waals surface area (Å²) in [5.74, 6) is 1.02. The van der Waals surface area contributed by atoms with Gasteiger partial charge >= 0.3 is 0 Å². The Morgan fingerprint density at radius 1 is 1.31 bits per heavy atom. The number of benzene rings is 1. The smallest absolute Gasteiger partial charge is 0.125 e. The van der Waals surface area contributed by atoms with Crippen LogP contribution in [0.25, 0.3) is 0 Å². The maximum absolute atomic E-state index is 5.87. The van der Waals surface area contributed by atoms with E-state index in [9.17, 15) is 0 Å². The van der Waals surface area contributed by atoms with Gasteiger partial charge in [0.15, 0.2) is 0 Å². The van der Waals surface area contributed by atoms with Gasteiger partial charge in [-0.3, -0.25) is 0 Å². The molecule has 0 bridgehead atoms. The van der Waals surface area contributed by atoms with Crippen LogP contribution in [0.4, 0.5) is 0 Å². The number of epoxide rings is 1. The first kappa shape index (κ1) is 11.5. The molecule has 0 saturated carbocycles. The Balaban J connectivity index is 2.13. The molecule has 16 heavy (non-hydrogen) atoms. The second-order valence-corrected chi connectivity index (χ2v) is 4.94. The minimum absolute atomic E-state index is 0.0394. The van der Waals surface area contributed by atoms with Crippen molar-refractivity contribution in [2.24, 2.45) is 0 Å². The van der Waals surface area contributed by atoms with E-state index in [1.54, 1.807) is 0 Å². The summed E-state index contributed by atoms with van der Waals surface area (Å²) in [5, 5.41) is 0. The summed E-state index contributed by atoms with van der Waals surface area (Å²) < 4.78 is 11.2. The first-order valence-corrected chi connectivity index (χ1v) is 5.91. The van der Waals surface area contributed by atoms with Crippen molar-refractivity contribution in [2.75, 3.05) is 13.2 Å². The molecular weight excluding hydrogens is 200 g/mol. The van der Waals surface area contributed by atoms with Gasteiger partial charge in [0, 0.05) is 0 Å². The molecule has 2 rings (SSSR count). The fourth-order valence-electron chi connectivity index (χ4n) is 1.90. The normalized spacial score (nSPS) is 23.2. The van der Waals surface area contributed by atoms with Crippen molar-refractivity contribution >= 4 is 0 Å². The van der Waals surface area contributed by atoms with Crippen LogP contribution in [-0.4, -0.2) is 18.8 Å². The maximum Gasteiger partial charge on any atom is 0.125 e. The highest BCUT2D eigenvalue weighted by atomic mass is 16.6.